The van der Waals surface area contributed by atoms with Gasteiger partial charge in [0.2, 0.25) is 0 Å². The highest BCUT2D eigenvalue weighted by atomic mass is 16.5. The van der Waals surface area contributed by atoms with E-state index in [0.29, 0.717) is 11.2 Å². The maximum atomic E-state index is 9.03. The highest BCUT2D eigenvalue weighted by Gasteiger charge is 2.17. The second-order valence-corrected chi connectivity index (χ2v) is 3.19. The molecule has 0 unspecified atom stereocenters. The fourth-order valence-electron chi connectivity index (χ4n) is 1.19. The molecule has 0 aliphatic heterocycles. The summed E-state index contributed by atoms with van der Waals surface area (Å²) in [7, 11) is 3.81. The Balaban J connectivity index is 3.11. The number of ether oxygens (including phenoxy) is 1. The highest BCUT2D eigenvalue weighted by molar-refractivity contribution is 6.59. The number of nitrogens with zero attached hydrogens (tertiary/aromatic N) is 1. The molecule has 0 amide bonds. The molecule has 14 heavy (non-hydrogen) atoms. The van der Waals surface area contributed by atoms with Gasteiger partial charge in [-0.1, -0.05) is 6.07 Å². The van der Waals surface area contributed by atoms with Crippen molar-refractivity contribution in [3.8, 4) is 5.75 Å². The fraction of sp³-hybridized carbons (Fsp3) is 0.333. The fourth-order valence-corrected chi connectivity index (χ4v) is 1.19. The first-order valence-electron chi connectivity index (χ1n) is 4.27. The van der Waals surface area contributed by atoms with Crippen LogP contribution < -0.4 is 15.1 Å². The molecule has 1 aromatic rings. The smallest absolute Gasteiger partial charge is 0.492 e. The van der Waals surface area contributed by atoms with E-state index in [1.807, 2.05) is 19.0 Å². The Morgan fingerprint density at radius 1 is 1.29 bits per heavy atom. The predicted molar refractivity (Wildman–Crippen MR) is 57.1 cm³/mol. The molecular weight excluding hydrogens is 181 g/mol. The van der Waals surface area contributed by atoms with Gasteiger partial charge in [-0.05, 0) is 6.07 Å². The molecule has 76 valence electrons. The van der Waals surface area contributed by atoms with Gasteiger partial charge >= 0.3 is 7.12 Å². The molecule has 0 saturated carbocycles. The quantitative estimate of drug-likeness (QED) is 0.635. The first-order valence-corrected chi connectivity index (χ1v) is 4.27. The average molecular weight is 195 g/mol. The van der Waals surface area contributed by atoms with Crippen LogP contribution in [-0.4, -0.2) is 38.4 Å². The highest BCUT2D eigenvalue weighted by Crippen LogP contribution is 2.17. The summed E-state index contributed by atoms with van der Waals surface area (Å²) in [5, 5.41) is 18.1. The molecule has 0 atom stereocenters. The molecule has 1 aromatic carbocycles. The Morgan fingerprint density at radius 3 is 2.36 bits per heavy atom. The summed E-state index contributed by atoms with van der Waals surface area (Å²) in [6, 6.07) is 5.20. The molecule has 0 fully saturated rings. The molecule has 0 aliphatic rings. The van der Waals surface area contributed by atoms with E-state index in [1.54, 1.807) is 18.2 Å². The number of rotatable bonds is 3. The van der Waals surface area contributed by atoms with Gasteiger partial charge in [-0.2, -0.15) is 0 Å². The van der Waals surface area contributed by atoms with Crippen LogP contribution in [0.3, 0.4) is 0 Å². The van der Waals surface area contributed by atoms with Gasteiger partial charge in [0, 0.05) is 31.3 Å². The lowest BCUT2D eigenvalue weighted by molar-refractivity contribution is 0.403. The van der Waals surface area contributed by atoms with E-state index in [4.69, 9.17) is 14.8 Å². The first kappa shape index (κ1) is 10.9. The maximum Gasteiger partial charge on any atom is 0.492 e. The van der Waals surface area contributed by atoms with Crippen molar-refractivity contribution < 1.29 is 14.8 Å². The van der Waals surface area contributed by atoms with E-state index in [2.05, 4.69) is 0 Å². The Hall–Kier alpha value is -1.20. The van der Waals surface area contributed by atoms with Gasteiger partial charge in [-0.3, -0.25) is 0 Å². The standard InChI is InChI=1S/C9H14BNO3/c1-11(2)7-4-5-8(10(12)13)9(6-7)14-3/h4-6,12-13H,1-3H3. The largest absolute Gasteiger partial charge is 0.497 e. The van der Waals surface area contributed by atoms with E-state index >= 15 is 0 Å². The van der Waals surface area contributed by atoms with Gasteiger partial charge in [0.1, 0.15) is 5.75 Å². The van der Waals surface area contributed by atoms with Crippen molar-refractivity contribution >= 4 is 18.3 Å². The Morgan fingerprint density at radius 2 is 1.93 bits per heavy atom. The number of hydrogen-bond donors (Lipinski definition) is 2. The van der Waals surface area contributed by atoms with E-state index < -0.39 is 7.12 Å². The van der Waals surface area contributed by atoms with E-state index in [-0.39, 0.29) is 0 Å². The van der Waals surface area contributed by atoms with Crippen LogP contribution in [0.25, 0.3) is 0 Å². The summed E-state index contributed by atoms with van der Waals surface area (Å²) in [6.07, 6.45) is 0. The van der Waals surface area contributed by atoms with Gasteiger partial charge < -0.3 is 19.7 Å². The average Bonchev–Trinajstić information content (AvgIpc) is 2.16. The van der Waals surface area contributed by atoms with Crippen LogP contribution in [0.1, 0.15) is 0 Å². The second kappa shape index (κ2) is 4.35. The van der Waals surface area contributed by atoms with E-state index in [9.17, 15) is 0 Å². The van der Waals surface area contributed by atoms with Crippen molar-refractivity contribution in [1.82, 2.24) is 0 Å². The second-order valence-electron chi connectivity index (χ2n) is 3.19. The summed E-state index contributed by atoms with van der Waals surface area (Å²) in [5.74, 6) is 0.478. The normalized spacial score (nSPS) is 9.79. The molecule has 0 saturated heterocycles. The van der Waals surface area contributed by atoms with Gasteiger partial charge in [-0.15, -0.1) is 0 Å². The van der Waals surface area contributed by atoms with Gasteiger partial charge in [0.05, 0.1) is 7.11 Å². The Labute approximate surface area is 83.9 Å². The van der Waals surface area contributed by atoms with Crippen LogP contribution >= 0.6 is 0 Å². The zero-order valence-corrected chi connectivity index (χ0v) is 8.56. The van der Waals surface area contributed by atoms with Crippen LogP contribution in [0.15, 0.2) is 18.2 Å². The van der Waals surface area contributed by atoms with Crippen LogP contribution in [0.5, 0.6) is 5.75 Å². The maximum absolute atomic E-state index is 9.03. The minimum atomic E-state index is -1.50. The first-order chi connectivity index (χ1) is 6.56. The zero-order valence-electron chi connectivity index (χ0n) is 8.56. The molecule has 0 heterocycles. The van der Waals surface area contributed by atoms with E-state index in [1.165, 1.54) is 7.11 Å². The lowest BCUT2D eigenvalue weighted by Crippen LogP contribution is -2.31. The molecule has 0 aliphatic carbocycles. The molecular formula is C9H14BNO3. The van der Waals surface area contributed by atoms with Crippen molar-refractivity contribution in [3.05, 3.63) is 18.2 Å². The van der Waals surface area contributed by atoms with Crippen LogP contribution in [-0.2, 0) is 0 Å². The molecule has 0 aromatic heterocycles. The molecule has 0 radical (unpaired) electrons. The van der Waals surface area contributed by atoms with Crippen molar-refractivity contribution in [2.75, 3.05) is 26.1 Å². The molecule has 4 nitrogen and oxygen atoms in total. The van der Waals surface area contributed by atoms with Crippen molar-refractivity contribution in [3.63, 3.8) is 0 Å². The van der Waals surface area contributed by atoms with Crippen molar-refractivity contribution in [2.45, 2.75) is 0 Å². The summed E-state index contributed by atoms with van der Waals surface area (Å²) in [4.78, 5) is 1.91. The number of anilines is 1. The number of benzene rings is 1. The third kappa shape index (κ3) is 2.18. The summed E-state index contributed by atoms with van der Waals surface area (Å²) in [5.41, 5.74) is 1.32. The molecule has 1 rings (SSSR count). The zero-order chi connectivity index (χ0) is 10.7. The monoisotopic (exact) mass is 195 g/mol. The third-order valence-electron chi connectivity index (χ3n) is 2.01. The SMILES string of the molecule is COc1cc(N(C)C)ccc1B(O)O. The Kier molecular flexibility index (Phi) is 3.38. The van der Waals surface area contributed by atoms with Gasteiger partial charge in [0.25, 0.3) is 0 Å². The van der Waals surface area contributed by atoms with Crippen LogP contribution in [0.4, 0.5) is 5.69 Å². The topological polar surface area (TPSA) is 52.9 Å². The summed E-state index contributed by atoms with van der Waals surface area (Å²) in [6.45, 7) is 0. The minimum Gasteiger partial charge on any atom is -0.497 e. The number of hydrogen-bond acceptors (Lipinski definition) is 4. The van der Waals surface area contributed by atoms with Crippen LogP contribution in [0.2, 0.25) is 0 Å². The van der Waals surface area contributed by atoms with Crippen molar-refractivity contribution in [2.24, 2.45) is 0 Å². The molecule has 5 heteroatoms. The molecule has 0 spiro atoms. The summed E-state index contributed by atoms with van der Waals surface area (Å²) >= 11 is 0. The van der Waals surface area contributed by atoms with Crippen molar-refractivity contribution in [1.29, 1.82) is 0 Å². The third-order valence-corrected chi connectivity index (χ3v) is 2.01. The van der Waals surface area contributed by atoms with E-state index in [0.717, 1.165) is 5.69 Å². The lowest BCUT2D eigenvalue weighted by Gasteiger charge is -2.15. The Bertz CT molecular complexity index is 315. The summed E-state index contributed by atoms with van der Waals surface area (Å²) < 4.78 is 5.05. The molecule has 2 N–H and O–H groups in total. The molecule has 0 bridgehead atoms. The minimum absolute atomic E-state index is 0.373. The predicted octanol–water partition coefficient (Wildman–Crippen LogP) is -0.559. The van der Waals surface area contributed by atoms with Gasteiger partial charge in [-0.25, -0.2) is 0 Å². The van der Waals surface area contributed by atoms with Crippen LogP contribution in [0, 0.1) is 0 Å². The number of methoxy groups -OCH3 is 1. The van der Waals surface area contributed by atoms with Gasteiger partial charge in [0.15, 0.2) is 0 Å². The lowest BCUT2D eigenvalue weighted by atomic mass is 9.79.